The van der Waals surface area contributed by atoms with E-state index in [1.807, 2.05) is 36.6 Å². The summed E-state index contributed by atoms with van der Waals surface area (Å²) in [7, 11) is 4.66. The van der Waals surface area contributed by atoms with Crippen LogP contribution in [-0.4, -0.2) is 33.4 Å². The average molecular weight is 385 g/mol. The van der Waals surface area contributed by atoms with Crippen LogP contribution in [0, 0.1) is 0 Å². The van der Waals surface area contributed by atoms with Crippen molar-refractivity contribution in [3.63, 3.8) is 0 Å². The monoisotopic (exact) mass is 385 g/mol. The number of nitrogens with one attached hydrogen (secondary N) is 1. The van der Waals surface area contributed by atoms with Gasteiger partial charge in [-0.25, -0.2) is 0 Å². The first-order valence-electron chi connectivity index (χ1n) is 8.21. The van der Waals surface area contributed by atoms with Crippen molar-refractivity contribution in [2.75, 3.05) is 32.9 Å². The lowest BCUT2D eigenvalue weighted by atomic mass is 10.1. The molecule has 0 heterocycles. The summed E-state index contributed by atoms with van der Waals surface area (Å²) in [6, 6.07) is 13.3. The second kappa shape index (κ2) is 10.3. The van der Waals surface area contributed by atoms with Gasteiger partial charge in [0.1, 0.15) is 0 Å². The molecular formula is C21H23NO4S. The molecule has 0 aliphatic rings. The van der Waals surface area contributed by atoms with Crippen LogP contribution in [0.15, 0.2) is 59.6 Å². The molecule has 0 atom stereocenters. The molecule has 5 nitrogen and oxygen atoms in total. The maximum atomic E-state index is 12.3. The van der Waals surface area contributed by atoms with Gasteiger partial charge in [0.2, 0.25) is 5.75 Å². The molecule has 2 rings (SSSR count). The highest BCUT2D eigenvalue weighted by Crippen LogP contribution is 2.38. The molecule has 142 valence electrons. The number of para-hydroxylation sites is 1. The van der Waals surface area contributed by atoms with E-state index in [-0.39, 0.29) is 5.78 Å². The summed E-state index contributed by atoms with van der Waals surface area (Å²) in [5.41, 5.74) is 1.70. The number of ether oxygens (including phenoxy) is 3. The number of hydrogen-bond acceptors (Lipinski definition) is 6. The van der Waals surface area contributed by atoms with Gasteiger partial charge in [0.15, 0.2) is 17.3 Å². The molecule has 0 aliphatic heterocycles. The Morgan fingerprint density at radius 1 is 1.00 bits per heavy atom. The number of rotatable bonds is 9. The molecule has 0 saturated carbocycles. The van der Waals surface area contributed by atoms with Gasteiger partial charge in [-0.3, -0.25) is 4.79 Å². The van der Waals surface area contributed by atoms with Crippen LogP contribution in [-0.2, 0) is 4.79 Å². The van der Waals surface area contributed by atoms with Gasteiger partial charge in [0.05, 0.1) is 26.4 Å². The van der Waals surface area contributed by atoms with E-state index >= 15 is 0 Å². The van der Waals surface area contributed by atoms with Crippen molar-refractivity contribution < 1.29 is 19.0 Å². The van der Waals surface area contributed by atoms with E-state index in [0.29, 0.717) is 17.2 Å². The highest BCUT2D eigenvalue weighted by atomic mass is 32.2. The fourth-order valence-electron chi connectivity index (χ4n) is 2.36. The highest BCUT2D eigenvalue weighted by molar-refractivity contribution is 8.02. The molecule has 0 aliphatic carbocycles. The molecule has 0 fully saturated rings. The number of hydrogen-bond donors (Lipinski definition) is 1. The Kier molecular flexibility index (Phi) is 7.82. The average Bonchev–Trinajstić information content (AvgIpc) is 2.71. The minimum atomic E-state index is -0.128. The molecule has 1 N–H and O–H groups in total. The zero-order valence-corrected chi connectivity index (χ0v) is 16.6. The third-order valence-electron chi connectivity index (χ3n) is 3.66. The second-order valence-corrected chi connectivity index (χ2v) is 6.25. The summed E-state index contributed by atoms with van der Waals surface area (Å²) in [4.78, 5) is 12.3. The van der Waals surface area contributed by atoms with Crippen molar-refractivity contribution in [1.29, 1.82) is 0 Å². The zero-order chi connectivity index (χ0) is 19.6. The van der Waals surface area contributed by atoms with Crippen molar-refractivity contribution in [2.24, 2.45) is 0 Å². The Labute approximate surface area is 164 Å². The molecule has 0 saturated heterocycles. The van der Waals surface area contributed by atoms with Crippen LogP contribution in [0.4, 0.5) is 5.69 Å². The molecule has 2 aromatic carbocycles. The van der Waals surface area contributed by atoms with E-state index in [1.54, 1.807) is 45.6 Å². The van der Waals surface area contributed by atoms with Crippen molar-refractivity contribution in [1.82, 2.24) is 0 Å². The quantitative estimate of drug-likeness (QED) is 0.636. The van der Waals surface area contributed by atoms with Crippen molar-refractivity contribution in [2.45, 2.75) is 0 Å². The van der Waals surface area contributed by atoms with E-state index in [2.05, 4.69) is 5.32 Å². The Balaban J connectivity index is 2.17. The molecule has 0 radical (unpaired) electrons. The number of ketones is 1. The molecule has 27 heavy (non-hydrogen) atoms. The van der Waals surface area contributed by atoms with Crippen LogP contribution in [0.5, 0.6) is 17.2 Å². The van der Waals surface area contributed by atoms with Crippen molar-refractivity contribution in [3.05, 3.63) is 65.2 Å². The Bertz CT molecular complexity index is 806. The molecule has 6 heteroatoms. The number of benzene rings is 2. The molecule has 0 unspecified atom stereocenters. The number of thioether (sulfide) groups is 1. The van der Waals surface area contributed by atoms with Crippen molar-refractivity contribution >= 4 is 29.3 Å². The van der Waals surface area contributed by atoms with Crippen LogP contribution >= 0.6 is 11.8 Å². The minimum absolute atomic E-state index is 0.128. The third kappa shape index (κ3) is 5.82. The van der Waals surface area contributed by atoms with Crippen LogP contribution in [0.3, 0.4) is 0 Å². The molecule has 0 aromatic heterocycles. The highest BCUT2D eigenvalue weighted by Gasteiger charge is 2.12. The largest absolute Gasteiger partial charge is 0.493 e. The lowest BCUT2D eigenvalue weighted by Crippen LogP contribution is -1.99. The van der Waals surface area contributed by atoms with E-state index in [9.17, 15) is 4.79 Å². The molecule has 0 amide bonds. The van der Waals surface area contributed by atoms with Gasteiger partial charge in [0.25, 0.3) is 0 Å². The first kappa shape index (κ1) is 20.5. The predicted molar refractivity (Wildman–Crippen MR) is 112 cm³/mol. The van der Waals surface area contributed by atoms with E-state index in [4.69, 9.17) is 14.2 Å². The maximum Gasteiger partial charge on any atom is 0.203 e. The van der Waals surface area contributed by atoms with Crippen LogP contribution in [0.2, 0.25) is 0 Å². The number of anilines is 1. The summed E-state index contributed by atoms with van der Waals surface area (Å²) < 4.78 is 16.0. The number of carbonyl (C=O) groups is 1. The first-order chi connectivity index (χ1) is 13.1. The summed E-state index contributed by atoms with van der Waals surface area (Å²) in [5.74, 6) is 1.46. The summed E-state index contributed by atoms with van der Waals surface area (Å²) in [6.45, 7) is 0. The van der Waals surface area contributed by atoms with Crippen LogP contribution in [0.25, 0.3) is 6.08 Å². The molecule has 0 bridgehead atoms. The SMILES string of the molecule is COc1cc(/C=C/C(=O)/C=C(\Nc2ccccc2)SC)cc(OC)c1OC. The lowest BCUT2D eigenvalue weighted by molar-refractivity contribution is -0.110. The van der Waals surface area contributed by atoms with Gasteiger partial charge in [-0.2, -0.15) is 0 Å². The van der Waals surface area contributed by atoms with Gasteiger partial charge < -0.3 is 19.5 Å². The fraction of sp³-hybridized carbons (Fsp3) is 0.190. The number of carbonyl (C=O) groups excluding carboxylic acids is 1. The lowest BCUT2D eigenvalue weighted by Gasteiger charge is -2.12. The Morgan fingerprint density at radius 2 is 1.63 bits per heavy atom. The van der Waals surface area contributed by atoms with Crippen molar-refractivity contribution in [3.8, 4) is 17.2 Å². The molecular weight excluding hydrogens is 362 g/mol. The smallest absolute Gasteiger partial charge is 0.203 e. The minimum Gasteiger partial charge on any atom is -0.493 e. The topological polar surface area (TPSA) is 56.8 Å². The predicted octanol–water partition coefficient (Wildman–Crippen LogP) is 4.61. The molecule has 0 spiro atoms. The van der Waals surface area contributed by atoms with E-state index in [1.165, 1.54) is 17.8 Å². The second-order valence-electron chi connectivity index (χ2n) is 5.40. The van der Waals surface area contributed by atoms with Gasteiger partial charge in [-0.1, -0.05) is 24.3 Å². The first-order valence-corrected chi connectivity index (χ1v) is 9.43. The standard InChI is InChI=1S/C21H23NO4S/c1-24-18-12-15(13-19(25-2)21(18)26-3)10-11-17(23)14-20(27-4)22-16-8-6-5-7-9-16/h5-14,22H,1-4H3/b11-10+,20-14+. The van der Waals surface area contributed by atoms with Crippen LogP contribution in [0.1, 0.15) is 5.56 Å². The summed E-state index contributed by atoms with van der Waals surface area (Å²) in [6.07, 6.45) is 6.69. The summed E-state index contributed by atoms with van der Waals surface area (Å²) >= 11 is 1.47. The maximum absolute atomic E-state index is 12.3. The number of allylic oxidation sites excluding steroid dienone is 2. The fourth-order valence-corrected chi connectivity index (χ4v) is 2.82. The van der Waals surface area contributed by atoms with Gasteiger partial charge in [-0.05, 0) is 42.2 Å². The Morgan fingerprint density at radius 3 is 2.15 bits per heavy atom. The Hall–Kier alpha value is -2.86. The van der Waals surface area contributed by atoms with Gasteiger partial charge in [0, 0.05) is 11.8 Å². The molecule has 2 aromatic rings. The van der Waals surface area contributed by atoms with E-state index < -0.39 is 0 Å². The number of methoxy groups -OCH3 is 3. The zero-order valence-electron chi connectivity index (χ0n) is 15.8. The van der Waals surface area contributed by atoms with Gasteiger partial charge >= 0.3 is 0 Å². The normalized spacial score (nSPS) is 11.3. The van der Waals surface area contributed by atoms with Crippen LogP contribution < -0.4 is 19.5 Å². The van der Waals surface area contributed by atoms with Gasteiger partial charge in [-0.15, -0.1) is 11.8 Å². The van der Waals surface area contributed by atoms with E-state index in [0.717, 1.165) is 16.3 Å². The third-order valence-corrected chi connectivity index (χ3v) is 4.32. The summed E-state index contributed by atoms with van der Waals surface area (Å²) in [5, 5.41) is 3.99.